The Bertz CT molecular complexity index is 386. The van der Waals surface area contributed by atoms with Crippen LogP contribution in [0.2, 0.25) is 0 Å². The van der Waals surface area contributed by atoms with Crippen LogP contribution in [0.4, 0.5) is 8.78 Å². The number of hydrogen-bond acceptors (Lipinski definition) is 2. The lowest BCUT2D eigenvalue weighted by molar-refractivity contribution is -0.167. The highest BCUT2D eigenvalue weighted by atomic mass is 79.9. The van der Waals surface area contributed by atoms with Crippen LogP contribution in [-0.4, -0.2) is 19.8 Å². The number of ether oxygens (including phenoxy) is 1. The predicted molar refractivity (Wildman–Crippen MR) is 60.5 cm³/mol. The molecule has 1 aromatic carbocycles. The molecule has 0 aliphatic heterocycles. The molecule has 0 radical (unpaired) electrons. The molecule has 2 rings (SSSR count). The molecule has 1 N–H and O–H groups in total. The Balaban J connectivity index is 2.25. The van der Waals surface area contributed by atoms with E-state index in [1.54, 1.807) is 7.05 Å². The summed E-state index contributed by atoms with van der Waals surface area (Å²) in [6, 6.07) is 5.65. The topological polar surface area (TPSA) is 21.3 Å². The Hall–Kier alpha value is -0.520. The zero-order chi connectivity index (χ0) is 11.7. The smallest absolute Gasteiger partial charge is 0.317 e. The van der Waals surface area contributed by atoms with Gasteiger partial charge in [0.15, 0.2) is 0 Å². The van der Waals surface area contributed by atoms with E-state index >= 15 is 0 Å². The van der Waals surface area contributed by atoms with Gasteiger partial charge in [-0.05, 0) is 30.3 Å². The molecule has 0 spiro atoms. The Labute approximate surface area is 101 Å². The molecule has 0 aromatic heterocycles. The lowest BCUT2D eigenvalue weighted by Gasteiger charge is -2.19. The lowest BCUT2D eigenvalue weighted by Crippen LogP contribution is -2.29. The summed E-state index contributed by atoms with van der Waals surface area (Å²) in [5, 5.41) is 3.02. The lowest BCUT2D eigenvalue weighted by atomic mass is 10.1. The summed E-state index contributed by atoms with van der Waals surface area (Å²) in [4.78, 5) is 0. The van der Waals surface area contributed by atoms with Crippen LogP contribution in [0.5, 0.6) is 0 Å². The van der Waals surface area contributed by atoms with Gasteiger partial charge in [0.05, 0.1) is 12.1 Å². The molecule has 5 heteroatoms. The summed E-state index contributed by atoms with van der Waals surface area (Å²) < 4.78 is 30.1. The van der Waals surface area contributed by atoms with Crippen LogP contribution >= 0.6 is 15.9 Å². The van der Waals surface area contributed by atoms with Crippen molar-refractivity contribution in [3.63, 3.8) is 0 Å². The molecule has 2 unspecified atom stereocenters. The van der Waals surface area contributed by atoms with Gasteiger partial charge in [-0.15, -0.1) is 0 Å². The van der Waals surface area contributed by atoms with Crippen LogP contribution in [0.1, 0.15) is 17.2 Å². The molecule has 0 heterocycles. The molecule has 0 saturated carbocycles. The third-order valence-corrected chi connectivity index (χ3v) is 3.31. The molecule has 0 fully saturated rings. The molecule has 16 heavy (non-hydrogen) atoms. The molecule has 88 valence electrons. The van der Waals surface area contributed by atoms with Gasteiger partial charge in [0, 0.05) is 10.9 Å². The van der Waals surface area contributed by atoms with Gasteiger partial charge in [0.25, 0.3) is 0 Å². The average molecular weight is 292 g/mol. The first-order chi connectivity index (χ1) is 7.61. The van der Waals surface area contributed by atoms with Gasteiger partial charge in [0.1, 0.15) is 0 Å². The maximum atomic E-state index is 12.2. The quantitative estimate of drug-likeness (QED) is 0.925. The van der Waals surface area contributed by atoms with Crippen LogP contribution in [0, 0.1) is 0 Å². The number of rotatable bonds is 3. The summed E-state index contributed by atoms with van der Waals surface area (Å²) in [5.41, 5.74) is 2.09. The third-order valence-electron chi connectivity index (χ3n) is 2.82. The van der Waals surface area contributed by atoms with Crippen molar-refractivity contribution in [1.29, 1.82) is 0 Å². The fraction of sp³-hybridized carbons (Fsp3) is 0.455. The monoisotopic (exact) mass is 291 g/mol. The molecule has 2 atom stereocenters. The second-order valence-electron chi connectivity index (χ2n) is 3.75. The number of hydrogen-bond donors (Lipinski definition) is 1. The molecular formula is C11H12BrF2NO. The van der Waals surface area contributed by atoms with Crippen molar-refractivity contribution in [2.24, 2.45) is 0 Å². The van der Waals surface area contributed by atoms with E-state index in [9.17, 15) is 8.78 Å². The first-order valence-electron chi connectivity index (χ1n) is 5.01. The van der Waals surface area contributed by atoms with E-state index in [-0.39, 0.29) is 6.04 Å². The van der Waals surface area contributed by atoms with Crippen LogP contribution < -0.4 is 5.32 Å². The third kappa shape index (κ3) is 2.26. The molecule has 2 nitrogen and oxygen atoms in total. The maximum Gasteiger partial charge on any atom is 0.345 e. The van der Waals surface area contributed by atoms with Crippen LogP contribution in [-0.2, 0) is 11.2 Å². The molecule has 1 aliphatic carbocycles. The maximum absolute atomic E-state index is 12.2. The predicted octanol–water partition coefficient (Wildman–Crippen LogP) is 2.87. The van der Waals surface area contributed by atoms with Gasteiger partial charge in [-0.3, -0.25) is 0 Å². The number of fused-ring (bicyclic) bond motifs is 1. The normalized spacial score (nSPS) is 23.8. The van der Waals surface area contributed by atoms with Crippen molar-refractivity contribution >= 4 is 15.9 Å². The zero-order valence-electron chi connectivity index (χ0n) is 8.71. The largest absolute Gasteiger partial charge is 0.345 e. The average Bonchev–Trinajstić information content (AvgIpc) is 2.52. The fourth-order valence-corrected chi connectivity index (χ4v) is 2.60. The van der Waals surface area contributed by atoms with E-state index < -0.39 is 12.7 Å². The second-order valence-corrected chi connectivity index (χ2v) is 4.66. The minimum atomic E-state index is -2.72. The van der Waals surface area contributed by atoms with Crippen LogP contribution in [0.15, 0.2) is 22.7 Å². The van der Waals surface area contributed by atoms with Gasteiger partial charge in [0.2, 0.25) is 0 Å². The highest BCUT2D eigenvalue weighted by Gasteiger charge is 2.33. The van der Waals surface area contributed by atoms with E-state index in [4.69, 9.17) is 0 Å². The standard InChI is InChI=1S/C11H12BrF2NO/c1-15-10-8-3-2-7(12)4-6(8)5-9(10)16-11(13)14/h2-4,9-11,15H,5H2,1H3. The molecular weight excluding hydrogens is 280 g/mol. The van der Waals surface area contributed by atoms with Crippen molar-refractivity contribution in [3.8, 4) is 0 Å². The van der Waals surface area contributed by atoms with Crippen molar-refractivity contribution in [1.82, 2.24) is 5.32 Å². The van der Waals surface area contributed by atoms with Gasteiger partial charge < -0.3 is 10.1 Å². The van der Waals surface area contributed by atoms with Gasteiger partial charge in [-0.1, -0.05) is 22.0 Å². The highest BCUT2D eigenvalue weighted by Crippen LogP contribution is 2.35. The number of halogens is 3. The Morgan fingerprint density at radius 3 is 2.88 bits per heavy atom. The number of nitrogens with one attached hydrogen (secondary N) is 1. The fourth-order valence-electron chi connectivity index (χ4n) is 2.19. The first kappa shape index (κ1) is 12.0. The van der Waals surface area contributed by atoms with Crippen molar-refractivity contribution in [2.45, 2.75) is 25.2 Å². The van der Waals surface area contributed by atoms with E-state index in [1.165, 1.54) is 0 Å². The van der Waals surface area contributed by atoms with Crippen molar-refractivity contribution < 1.29 is 13.5 Å². The van der Waals surface area contributed by atoms with E-state index in [0.717, 1.165) is 15.6 Å². The molecule has 0 amide bonds. The Morgan fingerprint density at radius 2 is 2.25 bits per heavy atom. The van der Waals surface area contributed by atoms with Crippen LogP contribution in [0.3, 0.4) is 0 Å². The molecule has 0 bridgehead atoms. The molecule has 1 aliphatic rings. The second kappa shape index (κ2) is 4.77. The summed E-state index contributed by atoms with van der Waals surface area (Å²) in [6.45, 7) is -2.72. The Kier molecular flexibility index (Phi) is 3.56. The summed E-state index contributed by atoms with van der Waals surface area (Å²) >= 11 is 3.37. The molecule has 0 saturated heterocycles. The van der Waals surface area contributed by atoms with Crippen molar-refractivity contribution in [3.05, 3.63) is 33.8 Å². The van der Waals surface area contributed by atoms with E-state index in [1.807, 2.05) is 18.2 Å². The van der Waals surface area contributed by atoms with Crippen LogP contribution in [0.25, 0.3) is 0 Å². The molecule has 1 aromatic rings. The zero-order valence-corrected chi connectivity index (χ0v) is 10.3. The minimum Gasteiger partial charge on any atom is -0.317 e. The summed E-state index contributed by atoms with van der Waals surface area (Å²) in [6.07, 6.45) is 0.0271. The van der Waals surface area contributed by atoms with Gasteiger partial charge in [-0.25, -0.2) is 0 Å². The van der Waals surface area contributed by atoms with Gasteiger partial charge >= 0.3 is 6.61 Å². The number of benzene rings is 1. The Morgan fingerprint density at radius 1 is 1.50 bits per heavy atom. The summed E-state index contributed by atoms with van der Waals surface area (Å²) in [5.74, 6) is 0. The van der Waals surface area contributed by atoms with Gasteiger partial charge in [-0.2, -0.15) is 8.78 Å². The number of likely N-dealkylation sites (N-methyl/N-ethyl adjacent to an activating group) is 1. The van der Waals surface area contributed by atoms with E-state index in [0.29, 0.717) is 6.42 Å². The first-order valence-corrected chi connectivity index (χ1v) is 5.80. The highest BCUT2D eigenvalue weighted by molar-refractivity contribution is 9.10. The van der Waals surface area contributed by atoms with Crippen molar-refractivity contribution in [2.75, 3.05) is 7.05 Å². The SMILES string of the molecule is CNC1c2ccc(Br)cc2CC1OC(F)F. The minimum absolute atomic E-state index is 0.155. The number of alkyl halides is 2. The van der Waals surface area contributed by atoms with E-state index in [2.05, 4.69) is 26.0 Å². The summed E-state index contributed by atoms with van der Waals surface area (Å²) in [7, 11) is 1.75.